The molecule has 0 unspecified atom stereocenters. The highest BCUT2D eigenvalue weighted by Gasteiger charge is 2.49. The molecule has 1 fully saturated rings. The number of anilines is 1. The third-order valence-electron chi connectivity index (χ3n) is 7.60. The van der Waals surface area contributed by atoms with Gasteiger partial charge < -0.3 is 4.52 Å². The van der Waals surface area contributed by atoms with Crippen molar-refractivity contribution in [2.45, 2.75) is 82.7 Å². The number of unbranched alkanes of at least 4 members (excludes halogenated alkanes) is 1. The number of hydrogen-bond donors (Lipinski definition) is 1. The van der Waals surface area contributed by atoms with Gasteiger partial charge in [-0.2, -0.15) is 0 Å². The third kappa shape index (κ3) is 5.22. The molecule has 2 aliphatic rings. The first-order valence-corrected chi connectivity index (χ1v) is 15.3. The maximum absolute atomic E-state index is 13.5. The Labute approximate surface area is 234 Å². The molecule has 1 saturated carbocycles. The van der Waals surface area contributed by atoms with Gasteiger partial charge in [-0.25, -0.2) is 8.42 Å². The van der Waals surface area contributed by atoms with Crippen molar-refractivity contribution < 1.29 is 17.7 Å². The zero-order valence-electron chi connectivity index (χ0n) is 22.5. The van der Waals surface area contributed by atoms with Gasteiger partial charge in [-0.05, 0) is 55.9 Å². The molecule has 0 radical (unpaired) electrons. The van der Waals surface area contributed by atoms with Gasteiger partial charge in [0.05, 0.1) is 11.4 Å². The number of rotatable bonds is 9. The quantitative estimate of drug-likeness (QED) is 0.311. The molecule has 2 heterocycles. The van der Waals surface area contributed by atoms with Gasteiger partial charge in [-0.1, -0.05) is 79.3 Å². The second-order valence-electron chi connectivity index (χ2n) is 10.4. The highest BCUT2D eigenvalue weighted by Crippen LogP contribution is 2.40. The van der Waals surface area contributed by atoms with E-state index in [2.05, 4.69) is 16.8 Å². The Morgan fingerprint density at radius 1 is 1.10 bits per heavy atom. The van der Waals surface area contributed by atoms with Crippen molar-refractivity contribution in [3.63, 3.8) is 0 Å². The van der Waals surface area contributed by atoms with Crippen molar-refractivity contribution in [3.8, 4) is 11.1 Å². The Bertz CT molecular complexity index is 1540. The van der Waals surface area contributed by atoms with E-state index in [0.717, 1.165) is 67.5 Å². The summed E-state index contributed by atoms with van der Waals surface area (Å²) in [7, 11) is -4.01. The molecule has 8 nitrogen and oxygen atoms in total. The molecule has 1 aliphatic heterocycles. The lowest BCUT2D eigenvalue weighted by molar-refractivity contribution is -0.131. The van der Waals surface area contributed by atoms with Crippen LogP contribution in [-0.2, 0) is 21.4 Å². The van der Waals surface area contributed by atoms with Gasteiger partial charge in [0.15, 0.2) is 5.76 Å². The molecule has 1 spiro atoms. The summed E-state index contributed by atoms with van der Waals surface area (Å²) in [6.45, 7) is 6.15. The number of aliphatic imine (C=N–C) groups is 1. The molecule has 1 aromatic heterocycles. The molecule has 0 saturated heterocycles. The number of carbonyl (C=O) groups excluding carboxylic acids is 1. The van der Waals surface area contributed by atoms with E-state index >= 15 is 0 Å². The van der Waals surface area contributed by atoms with Crippen LogP contribution in [0.3, 0.4) is 0 Å². The number of aryl methyl sites for hydroxylation is 2. The monoisotopic (exact) mass is 568 g/mol. The van der Waals surface area contributed by atoms with E-state index in [4.69, 9.17) is 21.1 Å². The first-order valence-electron chi connectivity index (χ1n) is 13.4. The van der Waals surface area contributed by atoms with E-state index in [1.54, 1.807) is 31.2 Å². The highest BCUT2D eigenvalue weighted by atomic mass is 35.5. The number of benzene rings is 2. The summed E-state index contributed by atoms with van der Waals surface area (Å²) in [6.07, 6.45) is 6.57. The number of halogens is 1. The first kappa shape index (κ1) is 27.4. The van der Waals surface area contributed by atoms with E-state index in [1.165, 1.54) is 0 Å². The van der Waals surface area contributed by atoms with Crippen molar-refractivity contribution in [2.24, 2.45) is 4.99 Å². The van der Waals surface area contributed by atoms with Crippen LogP contribution in [0.5, 0.6) is 0 Å². The van der Waals surface area contributed by atoms with Gasteiger partial charge in [-0.15, -0.1) is 0 Å². The SMILES string of the molecule is CCCCC1=NC2(CCCC2)C(=O)N1Cc1ccc(-c2ccccc2S(=O)(=O)Nc2noc(C)c2Cl)c(C)c1. The Balaban J connectivity index is 1.42. The zero-order chi connectivity index (χ0) is 27.8. The molecular weight excluding hydrogens is 536 g/mol. The molecule has 5 rings (SSSR count). The van der Waals surface area contributed by atoms with E-state index in [1.807, 2.05) is 30.0 Å². The molecule has 39 heavy (non-hydrogen) atoms. The van der Waals surface area contributed by atoms with E-state index in [9.17, 15) is 13.2 Å². The number of hydrogen-bond acceptors (Lipinski definition) is 6. The van der Waals surface area contributed by atoms with Crippen molar-refractivity contribution in [3.05, 3.63) is 64.4 Å². The summed E-state index contributed by atoms with van der Waals surface area (Å²) < 4.78 is 34.1. The van der Waals surface area contributed by atoms with Crippen molar-refractivity contribution >= 4 is 39.2 Å². The van der Waals surface area contributed by atoms with Crippen LogP contribution in [0.1, 0.15) is 68.8 Å². The van der Waals surface area contributed by atoms with Crippen LogP contribution >= 0.6 is 11.6 Å². The number of amidine groups is 1. The van der Waals surface area contributed by atoms with Crippen molar-refractivity contribution in [2.75, 3.05) is 4.72 Å². The lowest BCUT2D eigenvalue weighted by Crippen LogP contribution is -2.40. The van der Waals surface area contributed by atoms with Crippen LogP contribution in [0, 0.1) is 13.8 Å². The molecule has 0 atom stereocenters. The largest absolute Gasteiger partial charge is 0.358 e. The summed E-state index contributed by atoms with van der Waals surface area (Å²) >= 11 is 6.14. The minimum absolute atomic E-state index is 0.0492. The zero-order valence-corrected chi connectivity index (χ0v) is 24.0. The summed E-state index contributed by atoms with van der Waals surface area (Å²) in [5.74, 6) is 1.30. The molecule has 2 aromatic carbocycles. The van der Waals surface area contributed by atoms with Gasteiger partial charge in [0.2, 0.25) is 5.82 Å². The Morgan fingerprint density at radius 3 is 2.51 bits per heavy atom. The summed E-state index contributed by atoms with van der Waals surface area (Å²) in [5, 5.41) is 3.84. The minimum Gasteiger partial charge on any atom is -0.358 e. The lowest BCUT2D eigenvalue weighted by Gasteiger charge is -2.23. The van der Waals surface area contributed by atoms with Crippen LogP contribution in [0.25, 0.3) is 11.1 Å². The van der Waals surface area contributed by atoms with Gasteiger partial charge in [0.1, 0.15) is 16.4 Å². The van der Waals surface area contributed by atoms with Crippen molar-refractivity contribution in [1.29, 1.82) is 0 Å². The lowest BCUT2D eigenvalue weighted by atomic mass is 9.97. The third-order valence-corrected chi connectivity index (χ3v) is 9.44. The van der Waals surface area contributed by atoms with E-state index in [-0.39, 0.29) is 21.6 Å². The second kappa shape index (κ2) is 10.8. The van der Waals surface area contributed by atoms with Gasteiger partial charge >= 0.3 is 0 Å². The van der Waals surface area contributed by atoms with Crippen LogP contribution < -0.4 is 4.72 Å². The second-order valence-corrected chi connectivity index (χ2v) is 12.4. The van der Waals surface area contributed by atoms with Crippen LogP contribution in [0.4, 0.5) is 5.82 Å². The predicted molar refractivity (Wildman–Crippen MR) is 152 cm³/mol. The maximum Gasteiger partial charge on any atom is 0.263 e. The summed E-state index contributed by atoms with van der Waals surface area (Å²) in [4.78, 5) is 20.5. The molecule has 1 aliphatic carbocycles. The standard InChI is InChI=1S/C29H33ClN4O4S/c1-4-5-12-25-31-29(15-8-9-16-29)28(35)34(25)18-21-13-14-22(19(2)17-21)23-10-6-7-11-24(23)39(36,37)33-27-26(30)20(3)38-32-27/h6-7,10-11,13-14,17H,4-5,8-9,12,15-16,18H2,1-3H3,(H,32,33). The normalized spacial score (nSPS) is 16.8. The molecule has 206 valence electrons. The topological polar surface area (TPSA) is 105 Å². The Morgan fingerprint density at radius 2 is 1.85 bits per heavy atom. The first-order chi connectivity index (χ1) is 18.6. The molecular formula is C29H33ClN4O4S. The fourth-order valence-electron chi connectivity index (χ4n) is 5.54. The summed E-state index contributed by atoms with van der Waals surface area (Å²) in [6, 6.07) is 12.7. The number of sulfonamides is 1. The van der Waals surface area contributed by atoms with Gasteiger partial charge in [0, 0.05) is 12.0 Å². The van der Waals surface area contributed by atoms with Crippen molar-refractivity contribution in [1.82, 2.24) is 10.1 Å². The number of nitrogens with one attached hydrogen (secondary N) is 1. The maximum atomic E-state index is 13.5. The molecule has 1 amide bonds. The number of amides is 1. The van der Waals surface area contributed by atoms with Crippen LogP contribution in [0.2, 0.25) is 5.02 Å². The number of aromatic nitrogens is 1. The average Bonchev–Trinajstić information content (AvgIpc) is 3.59. The van der Waals surface area contributed by atoms with E-state index < -0.39 is 15.6 Å². The fourth-order valence-corrected chi connectivity index (χ4v) is 6.94. The predicted octanol–water partition coefficient (Wildman–Crippen LogP) is 6.66. The van der Waals surface area contributed by atoms with Crippen LogP contribution in [-0.4, -0.2) is 35.8 Å². The molecule has 0 bridgehead atoms. The van der Waals surface area contributed by atoms with Gasteiger partial charge in [-0.3, -0.25) is 19.4 Å². The van der Waals surface area contributed by atoms with Gasteiger partial charge in [0.25, 0.3) is 15.9 Å². The number of carbonyl (C=O) groups is 1. The molecule has 10 heteroatoms. The summed E-state index contributed by atoms with van der Waals surface area (Å²) in [5.41, 5.74) is 2.65. The fraction of sp³-hybridized carbons (Fsp3) is 0.414. The Hall–Kier alpha value is -3.17. The number of nitrogens with zero attached hydrogens (tertiary/aromatic N) is 3. The smallest absolute Gasteiger partial charge is 0.263 e. The molecule has 3 aromatic rings. The molecule has 1 N–H and O–H groups in total. The van der Waals surface area contributed by atoms with E-state index in [0.29, 0.717) is 17.9 Å². The highest BCUT2D eigenvalue weighted by molar-refractivity contribution is 7.92. The average molecular weight is 569 g/mol. The van der Waals surface area contributed by atoms with Crippen LogP contribution in [0.15, 0.2) is 56.9 Å². The minimum atomic E-state index is -4.01. The Kier molecular flexibility index (Phi) is 7.57.